The van der Waals surface area contributed by atoms with Crippen molar-refractivity contribution < 1.29 is 9.53 Å². The first-order valence-corrected chi connectivity index (χ1v) is 9.70. The van der Waals surface area contributed by atoms with Crippen LogP contribution in [0, 0.1) is 5.41 Å². The molecule has 142 valence electrons. The van der Waals surface area contributed by atoms with Gasteiger partial charge in [-0.25, -0.2) is 4.79 Å². The summed E-state index contributed by atoms with van der Waals surface area (Å²) in [7, 11) is 0. The zero-order valence-corrected chi connectivity index (χ0v) is 16.5. The van der Waals surface area contributed by atoms with Gasteiger partial charge >= 0.3 is 6.09 Å². The average molecular weight is 364 g/mol. The predicted octanol–water partition coefficient (Wildman–Crippen LogP) is 5.54. The molecule has 3 atom stereocenters. The molecule has 27 heavy (non-hydrogen) atoms. The number of hydrogen-bond acceptors (Lipinski definition) is 3. The third-order valence-corrected chi connectivity index (χ3v) is 5.80. The number of likely N-dealkylation sites (tertiary alicyclic amines) is 1. The van der Waals surface area contributed by atoms with Crippen molar-refractivity contribution in [2.75, 3.05) is 11.9 Å². The number of fused-ring (bicyclic) bond motifs is 3. The smallest absolute Gasteiger partial charge is 0.410 e. The van der Waals surface area contributed by atoms with Crippen molar-refractivity contribution in [3.63, 3.8) is 0 Å². The number of rotatable bonds is 1. The first-order valence-electron chi connectivity index (χ1n) is 9.70. The lowest BCUT2D eigenvalue weighted by atomic mass is 9.68. The third kappa shape index (κ3) is 3.07. The summed E-state index contributed by atoms with van der Waals surface area (Å²) in [5, 5.41) is 3.75. The van der Waals surface area contributed by atoms with E-state index in [0.29, 0.717) is 6.54 Å². The molecular formula is C23H28N2O2. The summed E-state index contributed by atoms with van der Waals surface area (Å²) in [6.45, 7) is 8.76. The summed E-state index contributed by atoms with van der Waals surface area (Å²) in [6, 6.07) is 19.0. The lowest BCUT2D eigenvalue weighted by Crippen LogP contribution is -2.44. The van der Waals surface area contributed by atoms with Crippen LogP contribution in [0.15, 0.2) is 54.6 Å². The molecule has 0 radical (unpaired) electrons. The maximum absolute atomic E-state index is 13.0. The molecule has 2 aliphatic rings. The Hall–Kier alpha value is -2.49. The highest BCUT2D eigenvalue weighted by Gasteiger charge is 2.55. The molecular weight excluding hydrogens is 336 g/mol. The number of hydrogen-bond donors (Lipinski definition) is 1. The van der Waals surface area contributed by atoms with E-state index < -0.39 is 5.60 Å². The van der Waals surface area contributed by atoms with E-state index >= 15 is 0 Å². The number of benzene rings is 2. The Bertz CT molecular complexity index is 843. The van der Waals surface area contributed by atoms with E-state index in [1.807, 2.05) is 37.8 Å². The summed E-state index contributed by atoms with van der Waals surface area (Å²) in [5.41, 5.74) is 2.93. The van der Waals surface area contributed by atoms with E-state index in [9.17, 15) is 4.79 Å². The van der Waals surface area contributed by atoms with Crippen molar-refractivity contribution in [3.8, 4) is 0 Å². The molecule has 4 heteroatoms. The second-order valence-corrected chi connectivity index (χ2v) is 8.91. The van der Waals surface area contributed by atoms with Crippen LogP contribution in [0.1, 0.15) is 57.3 Å². The lowest BCUT2D eigenvalue weighted by Gasteiger charge is -2.47. The zero-order valence-electron chi connectivity index (χ0n) is 16.5. The highest BCUT2D eigenvalue weighted by atomic mass is 16.6. The Morgan fingerprint density at radius 1 is 1.11 bits per heavy atom. The van der Waals surface area contributed by atoms with Crippen molar-refractivity contribution in [1.82, 2.24) is 4.90 Å². The predicted molar refractivity (Wildman–Crippen MR) is 108 cm³/mol. The van der Waals surface area contributed by atoms with Gasteiger partial charge in [-0.3, -0.25) is 0 Å². The van der Waals surface area contributed by atoms with Gasteiger partial charge < -0.3 is 15.0 Å². The minimum atomic E-state index is -0.499. The second-order valence-electron chi connectivity index (χ2n) is 8.91. The van der Waals surface area contributed by atoms with Gasteiger partial charge in [-0.15, -0.1) is 0 Å². The van der Waals surface area contributed by atoms with Crippen molar-refractivity contribution in [2.45, 2.75) is 51.8 Å². The van der Waals surface area contributed by atoms with E-state index in [2.05, 4.69) is 54.7 Å². The highest BCUT2D eigenvalue weighted by Crippen LogP contribution is 2.59. The molecule has 0 bridgehead atoms. The summed E-state index contributed by atoms with van der Waals surface area (Å²) in [5.74, 6) is 0. The molecule has 0 unspecified atom stereocenters. The van der Waals surface area contributed by atoms with Crippen molar-refractivity contribution in [2.24, 2.45) is 5.41 Å². The SMILES string of the molecule is CC(C)(C)OC(=O)N1CC[C@@]2(C)[C@@H]1c1ccccc1N[C@H]2c1ccccc1. The molecule has 1 amide bonds. The molecule has 0 saturated carbocycles. The minimum absolute atomic E-state index is 0.00462. The van der Waals surface area contributed by atoms with Crippen LogP contribution in [0.4, 0.5) is 10.5 Å². The number of carbonyl (C=O) groups is 1. The molecule has 1 N–H and O–H groups in total. The summed E-state index contributed by atoms with van der Waals surface area (Å²) >= 11 is 0. The van der Waals surface area contributed by atoms with Crippen molar-refractivity contribution >= 4 is 11.8 Å². The molecule has 2 aromatic rings. The molecule has 2 aliphatic heterocycles. The van der Waals surface area contributed by atoms with Gasteiger partial charge in [0.25, 0.3) is 0 Å². The third-order valence-electron chi connectivity index (χ3n) is 5.80. The van der Waals surface area contributed by atoms with Crippen LogP contribution >= 0.6 is 0 Å². The van der Waals surface area contributed by atoms with Gasteiger partial charge in [0.1, 0.15) is 5.60 Å². The number of para-hydroxylation sites is 1. The van der Waals surface area contributed by atoms with Crippen LogP contribution in [0.5, 0.6) is 0 Å². The summed E-state index contributed by atoms with van der Waals surface area (Å²) in [4.78, 5) is 14.9. The fraction of sp³-hybridized carbons (Fsp3) is 0.435. The van der Waals surface area contributed by atoms with E-state index in [4.69, 9.17) is 4.74 Å². The Morgan fingerprint density at radius 3 is 2.48 bits per heavy atom. The molecule has 4 nitrogen and oxygen atoms in total. The van der Waals surface area contributed by atoms with Crippen LogP contribution in [0.3, 0.4) is 0 Å². The van der Waals surface area contributed by atoms with E-state index in [1.54, 1.807) is 0 Å². The molecule has 0 aliphatic carbocycles. The van der Waals surface area contributed by atoms with E-state index in [1.165, 1.54) is 11.1 Å². The van der Waals surface area contributed by atoms with Gasteiger partial charge in [-0.05, 0) is 44.4 Å². The van der Waals surface area contributed by atoms with E-state index in [-0.39, 0.29) is 23.6 Å². The maximum Gasteiger partial charge on any atom is 0.410 e. The van der Waals surface area contributed by atoms with Crippen molar-refractivity contribution in [1.29, 1.82) is 0 Å². The van der Waals surface area contributed by atoms with Gasteiger partial charge in [0.05, 0.1) is 12.1 Å². The summed E-state index contributed by atoms with van der Waals surface area (Å²) in [6.07, 6.45) is 0.706. The molecule has 0 spiro atoms. The molecule has 2 aromatic carbocycles. The van der Waals surface area contributed by atoms with Crippen LogP contribution < -0.4 is 5.32 Å². The molecule has 4 rings (SSSR count). The first kappa shape index (κ1) is 17.9. The monoisotopic (exact) mass is 364 g/mol. The van der Waals surface area contributed by atoms with Gasteiger partial charge in [-0.1, -0.05) is 55.5 Å². The number of nitrogens with one attached hydrogen (secondary N) is 1. The highest BCUT2D eigenvalue weighted by molar-refractivity contribution is 5.71. The van der Waals surface area contributed by atoms with Gasteiger partial charge in [-0.2, -0.15) is 0 Å². The Morgan fingerprint density at radius 2 is 1.78 bits per heavy atom. The van der Waals surface area contributed by atoms with Crippen LogP contribution in [-0.4, -0.2) is 23.1 Å². The minimum Gasteiger partial charge on any atom is -0.444 e. The molecule has 2 heterocycles. The largest absolute Gasteiger partial charge is 0.444 e. The van der Waals surface area contributed by atoms with Gasteiger partial charge in [0.2, 0.25) is 0 Å². The summed E-state index contributed by atoms with van der Waals surface area (Å²) < 4.78 is 5.74. The second kappa shape index (κ2) is 6.29. The Kier molecular flexibility index (Phi) is 4.17. The fourth-order valence-corrected chi connectivity index (χ4v) is 4.62. The molecule has 1 fully saturated rings. The number of amides is 1. The zero-order chi connectivity index (χ0) is 19.2. The van der Waals surface area contributed by atoms with Crippen LogP contribution in [-0.2, 0) is 4.74 Å². The Labute approximate surface area is 161 Å². The lowest BCUT2D eigenvalue weighted by molar-refractivity contribution is 0.0147. The number of ether oxygens (including phenoxy) is 1. The van der Waals surface area contributed by atoms with Crippen molar-refractivity contribution in [3.05, 3.63) is 65.7 Å². The van der Waals surface area contributed by atoms with Gasteiger partial charge in [0.15, 0.2) is 0 Å². The topological polar surface area (TPSA) is 41.6 Å². The maximum atomic E-state index is 13.0. The number of carbonyl (C=O) groups excluding carboxylic acids is 1. The Balaban J connectivity index is 1.78. The van der Waals surface area contributed by atoms with Crippen LogP contribution in [0.25, 0.3) is 0 Å². The first-order chi connectivity index (χ1) is 12.8. The molecule has 1 saturated heterocycles. The van der Waals surface area contributed by atoms with Gasteiger partial charge in [0, 0.05) is 17.6 Å². The van der Waals surface area contributed by atoms with Crippen LogP contribution in [0.2, 0.25) is 0 Å². The van der Waals surface area contributed by atoms with E-state index in [0.717, 1.165) is 12.1 Å². The standard InChI is InChI=1S/C23H28N2O2/c1-22(2,3)27-21(26)25-15-14-23(4)19(16-10-6-5-7-11-16)24-18-13-9-8-12-17(18)20(23)25/h5-13,19-20,24H,14-15H2,1-4H3/t19-,20-,23+/m0/s1. The number of nitrogens with zero attached hydrogens (tertiary/aromatic N) is 1. The molecule has 0 aromatic heterocycles. The fourth-order valence-electron chi connectivity index (χ4n) is 4.62. The average Bonchev–Trinajstić information content (AvgIpc) is 2.99. The quantitative estimate of drug-likeness (QED) is 0.722. The number of anilines is 1. The normalized spacial score (nSPS) is 26.7.